The SMILES string of the molecule is CCOc1ccc(S(=O)(=O)NN=C(C)c2ccc(N3CCCCCC3)cc2)cc1. The summed E-state index contributed by atoms with van der Waals surface area (Å²) >= 11 is 0. The van der Waals surface area contributed by atoms with E-state index in [0.29, 0.717) is 18.1 Å². The first-order chi connectivity index (χ1) is 14.0. The number of anilines is 1. The fourth-order valence-corrected chi connectivity index (χ4v) is 4.23. The van der Waals surface area contributed by atoms with Crippen molar-refractivity contribution in [2.24, 2.45) is 5.10 Å². The van der Waals surface area contributed by atoms with E-state index in [9.17, 15) is 8.42 Å². The maximum atomic E-state index is 12.5. The van der Waals surface area contributed by atoms with Crippen LogP contribution in [0.25, 0.3) is 0 Å². The Morgan fingerprint density at radius 3 is 2.21 bits per heavy atom. The number of sulfonamides is 1. The summed E-state index contributed by atoms with van der Waals surface area (Å²) < 4.78 is 30.3. The zero-order valence-electron chi connectivity index (χ0n) is 17.1. The van der Waals surface area contributed by atoms with Crippen molar-refractivity contribution >= 4 is 21.4 Å². The molecule has 7 heteroatoms. The van der Waals surface area contributed by atoms with Gasteiger partial charge in [0.1, 0.15) is 5.75 Å². The number of nitrogens with one attached hydrogen (secondary N) is 1. The molecule has 0 radical (unpaired) electrons. The molecule has 0 unspecified atom stereocenters. The predicted octanol–water partition coefficient (Wildman–Crippen LogP) is 4.17. The van der Waals surface area contributed by atoms with Crippen LogP contribution in [0.3, 0.4) is 0 Å². The van der Waals surface area contributed by atoms with E-state index < -0.39 is 10.0 Å². The van der Waals surface area contributed by atoms with Crippen molar-refractivity contribution in [3.8, 4) is 5.75 Å². The third-order valence-electron chi connectivity index (χ3n) is 5.03. The van der Waals surface area contributed by atoms with E-state index in [0.717, 1.165) is 18.7 Å². The molecule has 0 aliphatic carbocycles. The Morgan fingerprint density at radius 1 is 1.00 bits per heavy atom. The van der Waals surface area contributed by atoms with Gasteiger partial charge in [0, 0.05) is 18.8 Å². The fourth-order valence-electron chi connectivity index (χ4n) is 3.37. The molecule has 1 aliphatic heterocycles. The molecule has 0 spiro atoms. The number of nitrogens with zero attached hydrogens (tertiary/aromatic N) is 2. The van der Waals surface area contributed by atoms with Crippen LogP contribution in [0, 0.1) is 0 Å². The van der Waals surface area contributed by atoms with Crippen molar-refractivity contribution in [3.05, 3.63) is 54.1 Å². The zero-order chi connectivity index (χ0) is 20.7. The molecule has 1 saturated heterocycles. The van der Waals surface area contributed by atoms with Crippen molar-refractivity contribution < 1.29 is 13.2 Å². The summed E-state index contributed by atoms with van der Waals surface area (Å²) in [7, 11) is -3.73. The smallest absolute Gasteiger partial charge is 0.276 e. The predicted molar refractivity (Wildman–Crippen MR) is 117 cm³/mol. The minimum Gasteiger partial charge on any atom is -0.494 e. The molecule has 156 valence electrons. The second-order valence-electron chi connectivity index (χ2n) is 7.14. The lowest BCUT2D eigenvalue weighted by Gasteiger charge is -2.22. The number of hydrogen-bond acceptors (Lipinski definition) is 5. The Kier molecular flexibility index (Phi) is 7.14. The molecule has 1 heterocycles. The second-order valence-corrected chi connectivity index (χ2v) is 8.81. The zero-order valence-corrected chi connectivity index (χ0v) is 17.9. The van der Waals surface area contributed by atoms with Crippen LogP contribution < -0.4 is 14.5 Å². The first-order valence-electron chi connectivity index (χ1n) is 10.1. The molecular weight excluding hydrogens is 386 g/mol. The van der Waals surface area contributed by atoms with Gasteiger partial charge in [-0.2, -0.15) is 18.4 Å². The largest absolute Gasteiger partial charge is 0.494 e. The number of hydrogen-bond donors (Lipinski definition) is 1. The summed E-state index contributed by atoms with van der Waals surface area (Å²) in [4.78, 5) is 4.88. The summed E-state index contributed by atoms with van der Waals surface area (Å²) in [6, 6.07) is 14.4. The lowest BCUT2D eigenvalue weighted by Crippen LogP contribution is -2.23. The highest BCUT2D eigenvalue weighted by molar-refractivity contribution is 7.89. The normalized spacial score (nSPS) is 15.7. The highest BCUT2D eigenvalue weighted by atomic mass is 32.2. The summed E-state index contributed by atoms with van der Waals surface area (Å²) in [5.41, 5.74) is 2.71. The van der Waals surface area contributed by atoms with E-state index in [1.165, 1.54) is 43.5 Å². The van der Waals surface area contributed by atoms with Gasteiger partial charge in [0.15, 0.2) is 0 Å². The van der Waals surface area contributed by atoms with E-state index >= 15 is 0 Å². The maximum Gasteiger partial charge on any atom is 0.276 e. The minimum absolute atomic E-state index is 0.147. The van der Waals surface area contributed by atoms with E-state index in [-0.39, 0.29) is 4.90 Å². The molecule has 0 saturated carbocycles. The molecule has 1 fully saturated rings. The lowest BCUT2D eigenvalue weighted by molar-refractivity contribution is 0.340. The molecular formula is C22H29N3O3S. The van der Waals surface area contributed by atoms with Crippen molar-refractivity contribution in [2.45, 2.75) is 44.4 Å². The van der Waals surface area contributed by atoms with Crippen LogP contribution in [-0.4, -0.2) is 33.8 Å². The molecule has 1 N–H and O–H groups in total. The van der Waals surface area contributed by atoms with Gasteiger partial charge < -0.3 is 9.64 Å². The second kappa shape index (κ2) is 9.78. The Bertz CT molecular complexity index is 915. The number of rotatable bonds is 7. The Morgan fingerprint density at radius 2 is 1.62 bits per heavy atom. The van der Waals surface area contributed by atoms with Crippen LogP contribution in [0.5, 0.6) is 5.75 Å². The Labute approximate surface area is 173 Å². The topological polar surface area (TPSA) is 71.0 Å². The van der Waals surface area contributed by atoms with Gasteiger partial charge in [0.05, 0.1) is 17.2 Å². The number of ether oxygens (including phenoxy) is 1. The average Bonchev–Trinajstić information content (AvgIpc) is 3.02. The third-order valence-corrected chi connectivity index (χ3v) is 6.26. The summed E-state index contributed by atoms with van der Waals surface area (Å²) in [6.45, 7) is 6.39. The fraction of sp³-hybridized carbons (Fsp3) is 0.409. The molecule has 0 bridgehead atoms. The standard InChI is InChI=1S/C22H29N3O3S/c1-3-28-21-12-14-22(15-13-21)29(26,27)24-23-18(2)19-8-10-20(11-9-19)25-16-6-4-5-7-17-25/h8-15,24H,3-7,16-17H2,1-2H3. The lowest BCUT2D eigenvalue weighted by atomic mass is 10.1. The summed E-state index contributed by atoms with van der Waals surface area (Å²) in [5.74, 6) is 0.635. The van der Waals surface area contributed by atoms with Gasteiger partial charge in [0.25, 0.3) is 10.0 Å². The molecule has 0 aromatic heterocycles. The summed E-state index contributed by atoms with van der Waals surface area (Å²) in [6.07, 6.45) is 5.06. The first kappa shape index (κ1) is 21.2. The molecule has 0 amide bonds. The molecule has 29 heavy (non-hydrogen) atoms. The number of benzene rings is 2. The van der Waals surface area contributed by atoms with Gasteiger partial charge in [-0.3, -0.25) is 0 Å². The third kappa shape index (κ3) is 5.73. The van der Waals surface area contributed by atoms with E-state index in [4.69, 9.17) is 4.74 Å². The molecule has 2 aromatic rings. The van der Waals surface area contributed by atoms with Crippen LogP contribution in [0.2, 0.25) is 0 Å². The van der Waals surface area contributed by atoms with Crippen LogP contribution in [0.1, 0.15) is 45.1 Å². The molecule has 0 atom stereocenters. The van der Waals surface area contributed by atoms with Crippen LogP contribution in [0.4, 0.5) is 5.69 Å². The average molecular weight is 416 g/mol. The van der Waals surface area contributed by atoms with Gasteiger partial charge >= 0.3 is 0 Å². The molecule has 3 rings (SSSR count). The van der Waals surface area contributed by atoms with Crippen molar-refractivity contribution in [1.29, 1.82) is 0 Å². The maximum absolute atomic E-state index is 12.5. The van der Waals surface area contributed by atoms with Crippen molar-refractivity contribution in [1.82, 2.24) is 4.83 Å². The van der Waals surface area contributed by atoms with E-state index in [1.54, 1.807) is 19.1 Å². The van der Waals surface area contributed by atoms with Gasteiger partial charge in [-0.25, -0.2) is 0 Å². The van der Waals surface area contributed by atoms with E-state index in [2.05, 4.69) is 27.0 Å². The monoisotopic (exact) mass is 415 g/mol. The summed E-state index contributed by atoms with van der Waals surface area (Å²) in [5, 5.41) is 4.09. The highest BCUT2D eigenvalue weighted by Crippen LogP contribution is 2.20. The van der Waals surface area contributed by atoms with Crippen molar-refractivity contribution in [2.75, 3.05) is 24.6 Å². The molecule has 6 nitrogen and oxygen atoms in total. The molecule has 2 aromatic carbocycles. The minimum atomic E-state index is -3.73. The highest BCUT2D eigenvalue weighted by Gasteiger charge is 2.14. The number of hydrazone groups is 1. The van der Waals surface area contributed by atoms with Crippen LogP contribution in [-0.2, 0) is 10.0 Å². The van der Waals surface area contributed by atoms with Crippen molar-refractivity contribution in [3.63, 3.8) is 0 Å². The van der Waals surface area contributed by atoms with Crippen LogP contribution in [0.15, 0.2) is 58.5 Å². The van der Waals surface area contributed by atoms with E-state index in [1.807, 2.05) is 19.1 Å². The quantitative estimate of drug-likeness (QED) is 0.544. The Balaban J connectivity index is 1.66. The Hall–Kier alpha value is -2.54. The van der Waals surface area contributed by atoms with Gasteiger partial charge in [-0.05, 0) is 68.7 Å². The van der Waals surface area contributed by atoms with Gasteiger partial charge in [0.2, 0.25) is 0 Å². The molecule has 1 aliphatic rings. The van der Waals surface area contributed by atoms with Gasteiger partial charge in [-0.15, -0.1) is 0 Å². The van der Waals surface area contributed by atoms with Crippen LogP contribution >= 0.6 is 0 Å². The van der Waals surface area contributed by atoms with Gasteiger partial charge in [-0.1, -0.05) is 25.0 Å². The first-order valence-corrected chi connectivity index (χ1v) is 11.6.